The predicted molar refractivity (Wildman–Crippen MR) is 44.1 cm³/mol. The molecule has 0 unspecified atom stereocenters. The number of aromatic nitrogens is 2. The maximum Gasteiger partial charge on any atom is 0.451 e. The van der Waals surface area contributed by atoms with Crippen LogP contribution in [0.25, 0.3) is 0 Å². The van der Waals surface area contributed by atoms with Gasteiger partial charge >= 0.3 is 6.18 Å². The van der Waals surface area contributed by atoms with Crippen molar-refractivity contribution in [1.29, 1.82) is 5.26 Å². The molecule has 0 aliphatic carbocycles. The van der Waals surface area contributed by atoms with Crippen LogP contribution in [0.5, 0.6) is 0 Å². The van der Waals surface area contributed by atoms with E-state index in [-0.39, 0.29) is 12.0 Å². The molecule has 1 aromatic rings. The normalized spacial score (nSPS) is 10.0. The Labute approximate surface area is 83.6 Å². The summed E-state index contributed by atoms with van der Waals surface area (Å²) in [7, 11) is 0. The Bertz CT molecular complexity index is 431. The zero-order valence-corrected chi connectivity index (χ0v) is 7.34. The van der Waals surface area contributed by atoms with Crippen LogP contribution < -0.4 is 0 Å². The third kappa shape index (κ3) is 3.28. The van der Waals surface area contributed by atoms with Gasteiger partial charge in [0, 0.05) is 12.4 Å². The maximum atomic E-state index is 12.0. The van der Waals surface area contributed by atoms with Crippen molar-refractivity contribution < 1.29 is 13.2 Å². The highest BCUT2D eigenvalue weighted by Gasteiger charge is 2.34. The molecule has 0 bridgehead atoms. The van der Waals surface area contributed by atoms with Gasteiger partial charge in [-0.15, -0.1) is 0 Å². The van der Waals surface area contributed by atoms with Crippen LogP contribution in [0.4, 0.5) is 13.2 Å². The number of nitrogens with zero attached hydrogens (tertiary/aromatic N) is 3. The van der Waals surface area contributed by atoms with Crippen LogP contribution in [0.3, 0.4) is 0 Å². The average molecular weight is 211 g/mol. The maximum absolute atomic E-state index is 12.0. The summed E-state index contributed by atoms with van der Waals surface area (Å²) >= 11 is 0. The van der Waals surface area contributed by atoms with Gasteiger partial charge in [-0.3, -0.25) is 0 Å². The highest BCUT2D eigenvalue weighted by Crippen LogP contribution is 2.25. The van der Waals surface area contributed by atoms with Crippen molar-refractivity contribution >= 4 is 0 Å². The Morgan fingerprint density at radius 3 is 2.33 bits per heavy atom. The second-order valence-corrected chi connectivity index (χ2v) is 2.43. The molecule has 6 heteroatoms. The molecule has 0 spiro atoms. The summed E-state index contributed by atoms with van der Waals surface area (Å²) in [4.78, 5) is 6.21. The minimum Gasteiger partial charge on any atom is -0.232 e. The molecule has 0 aromatic carbocycles. The van der Waals surface area contributed by atoms with Crippen LogP contribution in [-0.4, -0.2) is 9.97 Å². The molecule has 0 atom stereocenters. The van der Waals surface area contributed by atoms with Crippen LogP contribution >= 0.6 is 0 Å². The lowest BCUT2D eigenvalue weighted by atomic mass is 10.3. The molecule has 0 aliphatic rings. The quantitative estimate of drug-likeness (QED) is 0.614. The molecule has 15 heavy (non-hydrogen) atoms. The SMILES string of the molecule is N#CCC#Cc1cnc(C(F)(F)F)nc1. The van der Waals surface area contributed by atoms with Crippen LogP contribution in [0.2, 0.25) is 0 Å². The number of hydrogen-bond acceptors (Lipinski definition) is 3. The topological polar surface area (TPSA) is 49.6 Å². The molecule has 1 rings (SSSR count). The van der Waals surface area contributed by atoms with E-state index in [0.29, 0.717) is 0 Å². The summed E-state index contributed by atoms with van der Waals surface area (Å²) in [6, 6.07) is 1.78. The van der Waals surface area contributed by atoms with E-state index >= 15 is 0 Å². The minimum atomic E-state index is -4.54. The predicted octanol–water partition coefficient (Wildman–Crippen LogP) is 1.76. The Morgan fingerprint density at radius 1 is 1.27 bits per heavy atom. The molecule has 76 valence electrons. The zero-order chi connectivity index (χ0) is 11.3. The molecule has 0 aliphatic heterocycles. The second-order valence-electron chi connectivity index (χ2n) is 2.43. The lowest BCUT2D eigenvalue weighted by molar-refractivity contribution is -0.145. The van der Waals surface area contributed by atoms with Gasteiger partial charge in [-0.1, -0.05) is 11.8 Å². The van der Waals surface area contributed by atoms with Crippen molar-refractivity contribution in [2.75, 3.05) is 0 Å². The highest BCUT2D eigenvalue weighted by molar-refractivity contribution is 5.30. The van der Waals surface area contributed by atoms with E-state index in [9.17, 15) is 13.2 Å². The largest absolute Gasteiger partial charge is 0.451 e. The monoisotopic (exact) mass is 211 g/mol. The number of hydrogen-bond donors (Lipinski definition) is 0. The first-order chi connectivity index (χ1) is 7.04. The third-order valence-corrected chi connectivity index (χ3v) is 1.31. The number of nitriles is 1. The lowest BCUT2D eigenvalue weighted by Crippen LogP contribution is -2.10. The molecule has 1 heterocycles. The van der Waals surface area contributed by atoms with Crippen LogP contribution in [-0.2, 0) is 6.18 Å². The van der Waals surface area contributed by atoms with Gasteiger partial charge in [-0.25, -0.2) is 9.97 Å². The van der Waals surface area contributed by atoms with Crippen LogP contribution in [0.1, 0.15) is 17.8 Å². The van der Waals surface area contributed by atoms with Crippen LogP contribution in [0, 0.1) is 23.2 Å². The van der Waals surface area contributed by atoms with Gasteiger partial charge in [0.1, 0.15) is 0 Å². The summed E-state index contributed by atoms with van der Waals surface area (Å²) in [5.74, 6) is 3.70. The highest BCUT2D eigenvalue weighted by atomic mass is 19.4. The Kier molecular flexibility index (Phi) is 3.25. The van der Waals surface area contributed by atoms with Gasteiger partial charge in [-0.05, 0) is 0 Å². The molecule has 0 radical (unpaired) electrons. The minimum absolute atomic E-state index is 0.0149. The van der Waals surface area contributed by atoms with Crippen molar-refractivity contribution in [2.24, 2.45) is 0 Å². The second kappa shape index (κ2) is 4.43. The molecule has 0 amide bonds. The smallest absolute Gasteiger partial charge is 0.232 e. The third-order valence-electron chi connectivity index (χ3n) is 1.31. The van der Waals surface area contributed by atoms with E-state index in [1.807, 2.05) is 0 Å². The molecule has 0 saturated heterocycles. The fourth-order valence-corrected chi connectivity index (χ4v) is 0.725. The summed E-state index contributed by atoms with van der Waals surface area (Å²) in [5.41, 5.74) is 0.248. The van der Waals surface area contributed by atoms with Crippen molar-refractivity contribution in [3.05, 3.63) is 23.8 Å². The summed E-state index contributed by atoms with van der Waals surface area (Å²) < 4.78 is 36.1. The lowest BCUT2D eigenvalue weighted by Gasteiger charge is -2.02. The zero-order valence-electron chi connectivity index (χ0n) is 7.34. The van der Waals surface area contributed by atoms with Gasteiger partial charge in [0.15, 0.2) is 0 Å². The van der Waals surface area contributed by atoms with Gasteiger partial charge < -0.3 is 0 Å². The van der Waals surface area contributed by atoms with E-state index in [1.54, 1.807) is 6.07 Å². The van der Waals surface area contributed by atoms with E-state index in [1.165, 1.54) is 0 Å². The van der Waals surface area contributed by atoms with E-state index in [0.717, 1.165) is 12.4 Å². The number of halogens is 3. The summed E-state index contributed by atoms with van der Waals surface area (Å²) in [5, 5.41) is 8.16. The molecule has 0 saturated carbocycles. The molecule has 0 N–H and O–H groups in total. The fourth-order valence-electron chi connectivity index (χ4n) is 0.725. The Balaban J connectivity index is 2.84. The van der Waals surface area contributed by atoms with E-state index < -0.39 is 12.0 Å². The Morgan fingerprint density at radius 2 is 1.87 bits per heavy atom. The first-order valence-corrected chi connectivity index (χ1v) is 3.79. The Hall–Kier alpha value is -2.08. The number of alkyl halides is 3. The van der Waals surface area contributed by atoms with Crippen LogP contribution in [0.15, 0.2) is 12.4 Å². The van der Waals surface area contributed by atoms with E-state index in [4.69, 9.17) is 5.26 Å². The first-order valence-electron chi connectivity index (χ1n) is 3.79. The van der Waals surface area contributed by atoms with Crippen molar-refractivity contribution in [1.82, 2.24) is 9.97 Å². The molecule has 0 fully saturated rings. The van der Waals surface area contributed by atoms with Crippen molar-refractivity contribution in [3.8, 4) is 17.9 Å². The fraction of sp³-hybridized carbons (Fsp3) is 0.222. The molecule has 1 aromatic heterocycles. The van der Waals surface area contributed by atoms with Crippen molar-refractivity contribution in [2.45, 2.75) is 12.6 Å². The van der Waals surface area contributed by atoms with Crippen molar-refractivity contribution in [3.63, 3.8) is 0 Å². The average Bonchev–Trinajstić information content (AvgIpc) is 2.18. The van der Waals surface area contributed by atoms with Gasteiger partial charge in [-0.2, -0.15) is 18.4 Å². The van der Waals surface area contributed by atoms with E-state index in [2.05, 4.69) is 21.8 Å². The molecule has 3 nitrogen and oxygen atoms in total. The summed E-state index contributed by atoms with van der Waals surface area (Å²) in [6.45, 7) is 0. The van der Waals surface area contributed by atoms with Gasteiger partial charge in [0.25, 0.3) is 0 Å². The molecular formula is C9H4F3N3. The first kappa shape index (κ1) is 11.0. The van der Waals surface area contributed by atoms with Gasteiger partial charge in [0.05, 0.1) is 18.1 Å². The molecular weight excluding hydrogens is 207 g/mol. The standard InChI is InChI=1S/C9H4F3N3/c10-9(11,12)8-14-5-7(6-15-8)3-1-2-4-13/h5-6H,2H2. The number of rotatable bonds is 0. The van der Waals surface area contributed by atoms with Gasteiger partial charge in [0.2, 0.25) is 5.82 Å². The summed E-state index contributed by atoms with van der Waals surface area (Å²) in [6.07, 6.45) is -2.58.